The van der Waals surface area contributed by atoms with Crippen molar-refractivity contribution in [3.8, 4) is 0 Å². The van der Waals surface area contributed by atoms with E-state index in [1.54, 1.807) is 24.5 Å². The highest BCUT2D eigenvalue weighted by Gasteiger charge is 2.17. The third-order valence-electron chi connectivity index (χ3n) is 3.53. The molecular formula is C16H21FN4. The summed E-state index contributed by atoms with van der Waals surface area (Å²) in [5.41, 5.74) is 1.53. The highest BCUT2D eigenvalue weighted by Crippen LogP contribution is 2.25. The van der Waals surface area contributed by atoms with E-state index in [1.807, 2.05) is 31.9 Å². The van der Waals surface area contributed by atoms with Crippen molar-refractivity contribution >= 4 is 5.82 Å². The van der Waals surface area contributed by atoms with Gasteiger partial charge in [-0.1, -0.05) is 25.1 Å². The summed E-state index contributed by atoms with van der Waals surface area (Å²) in [6.07, 6.45) is 3.44. The van der Waals surface area contributed by atoms with Crippen LogP contribution in [-0.4, -0.2) is 23.6 Å². The molecule has 0 radical (unpaired) electrons. The average molecular weight is 288 g/mol. The Labute approximate surface area is 125 Å². The summed E-state index contributed by atoms with van der Waals surface area (Å²) in [4.78, 5) is 10.7. The lowest BCUT2D eigenvalue weighted by molar-refractivity contribution is 0.583. The van der Waals surface area contributed by atoms with Gasteiger partial charge in [-0.15, -0.1) is 0 Å². The van der Waals surface area contributed by atoms with Gasteiger partial charge in [0.25, 0.3) is 0 Å². The smallest absolute Gasteiger partial charge is 0.147 e. The Balaban J connectivity index is 2.19. The van der Waals surface area contributed by atoms with Gasteiger partial charge in [-0.3, -0.25) is 4.98 Å². The lowest BCUT2D eigenvalue weighted by atomic mass is 10.1. The SMILES string of the molecule is CCNCc1cncc(N(C)C(C)c2ccccc2F)n1. The summed E-state index contributed by atoms with van der Waals surface area (Å²) < 4.78 is 13.9. The molecule has 0 amide bonds. The van der Waals surface area contributed by atoms with Crippen LogP contribution in [0.2, 0.25) is 0 Å². The van der Waals surface area contributed by atoms with Gasteiger partial charge in [0.2, 0.25) is 0 Å². The molecule has 1 heterocycles. The maximum Gasteiger partial charge on any atom is 0.147 e. The maximum atomic E-state index is 13.9. The van der Waals surface area contributed by atoms with Crippen LogP contribution in [0.25, 0.3) is 0 Å². The van der Waals surface area contributed by atoms with Gasteiger partial charge in [0.05, 0.1) is 17.9 Å². The number of benzene rings is 1. The number of hydrogen-bond donors (Lipinski definition) is 1. The van der Waals surface area contributed by atoms with Crippen molar-refractivity contribution in [3.63, 3.8) is 0 Å². The molecule has 0 spiro atoms. The Bertz CT molecular complexity index is 588. The Morgan fingerprint density at radius 2 is 2.05 bits per heavy atom. The molecule has 1 aromatic carbocycles. The van der Waals surface area contributed by atoms with Gasteiger partial charge >= 0.3 is 0 Å². The Morgan fingerprint density at radius 3 is 2.76 bits per heavy atom. The third-order valence-corrected chi connectivity index (χ3v) is 3.53. The lowest BCUT2D eigenvalue weighted by Crippen LogP contribution is -2.24. The molecule has 0 saturated carbocycles. The second-order valence-electron chi connectivity index (χ2n) is 4.96. The van der Waals surface area contributed by atoms with Gasteiger partial charge in [-0.25, -0.2) is 9.37 Å². The van der Waals surface area contributed by atoms with E-state index >= 15 is 0 Å². The zero-order chi connectivity index (χ0) is 15.2. The number of nitrogens with one attached hydrogen (secondary N) is 1. The maximum absolute atomic E-state index is 13.9. The largest absolute Gasteiger partial charge is 0.352 e. The fraction of sp³-hybridized carbons (Fsp3) is 0.375. The van der Waals surface area contributed by atoms with E-state index in [1.165, 1.54) is 6.07 Å². The first kappa shape index (κ1) is 15.4. The standard InChI is InChI=1S/C16H21FN4/c1-4-18-9-13-10-19-11-16(20-13)21(3)12(2)14-7-5-6-8-15(14)17/h5-8,10-12,18H,4,9H2,1-3H3. The Morgan fingerprint density at radius 1 is 1.29 bits per heavy atom. The third kappa shape index (κ3) is 3.76. The summed E-state index contributed by atoms with van der Waals surface area (Å²) in [5.74, 6) is 0.537. The number of aromatic nitrogens is 2. The van der Waals surface area contributed by atoms with Crippen molar-refractivity contribution in [2.24, 2.45) is 0 Å². The van der Waals surface area contributed by atoms with E-state index in [9.17, 15) is 4.39 Å². The molecule has 4 nitrogen and oxygen atoms in total. The lowest BCUT2D eigenvalue weighted by Gasteiger charge is -2.26. The quantitative estimate of drug-likeness (QED) is 0.887. The molecule has 1 unspecified atom stereocenters. The summed E-state index contributed by atoms with van der Waals surface area (Å²) >= 11 is 0. The summed E-state index contributed by atoms with van der Waals surface area (Å²) in [6, 6.07) is 6.70. The molecule has 2 rings (SSSR count). The van der Waals surface area contributed by atoms with Gasteiger partial charge in [-0.2, -0.15) is 0 Å². The van der Waals surface area contributed by atoms with Crippen LogP contribution in [0.5, 0.6) is 0 Å². The molecule has 0 saturated heterocycles. The first-order chi connectivity index (χ1) is 10.1. The van der Waals surface area contributed by atoms with Crippen LogP contribution >= 0.6 is 0 Å². The Hall–Kier alpha value is -2.01. The van der Waals surface area contributed by atoms with E-state index in [4.69, 9.17) is 0 Å². The number of rotatable bonds is 6. The average Bonchev–Trinajstić information content (AvgIpc) is 2.52. The Kier molecular flexibility index (Phi) is 5.22. The molecule has 0 aliphatic carbocycles. The van der Waals surface area contributed by atoms with Crippen LogP contribution in [0.1, 0.15) is 31.1 Å². The summed E-state index contributed by atoms with van der Waals surface area (Å²) in [5, 5.41) is 3.22. The molecule has 1 N–H and O–H groups in total. The molecule has 0 aliphatic heterocycles. The minimum Gasteiger partial charge on any atom is -0.352 e. The predicted octanol–water partition coefficient (Wildman–Crippen LogP) is 2.92. The molecule has 1 atom stereocenters. The van der Waals surface area contributed by atoms with E-state index in [2.05, 4.69) is 15.3 Å². The number of hydrogen-bond acceptors (Lipinski definition) is 4. The molecule has 5 heteroatoms. The van der Waals surface area contributed by atoms with Crippen molar-refractivity contribution in [1.82, 2.24) is 15.3 Å². The van der Waals surface area contributed by atoms with Crippen LogP contribution in [0.15, 0.2) is 36.7 Å². The van der Waals surface area contributed by atoms with Gasteiger partial charge in [0.15, 0.2) is 0 Å². The topological polar surface area (TPSA) is 41.1 Å². The van der Waals surface area contributed by atoms with Crippen LogP contribution < -0.4 is 10.2 Å². The van der Waals surface area contributed by atoms with Gasteiger partial charge < -0.3 is 10.2 Å². The highest BCUT2D eigenvalue weighted by atomic mass is 19.1. The van der Waals surface area contributed by atoms with Crippen molar-refractivity contribution in [2.75, 3.05) is 18.5 Å². The van der Waals surface area contributed by atoms with Crippen LogP contribution in [0, 0.1) is 5.82 Å². The fourth-order valence-corrected chi connectivity index (χ4v) is 2.12. The fourth-order valence-electron chi connectivity index (χ4n) is 2.12. The van der Waals surface area contributed by atoms with Crippen molar-refractivity contribution in [1.29, 1.82) is 0 Å². The second kappa shape index (κ2) is 7.13. The van der Waals surface area contributed by atoms with E-state index in [0.29, 0.717) is 12.1 Å². The van der Waals surface area contributed by atoms with Gasteiger partial charge in [-0.05, 0) is 19.5 Å². The first-order valence-corrected chi connectivity index (χ1v) is 7.12. The van der Waals surface area contributed by atoms with Crippen LogP contribution in [0.3, 0.4) is 0 Å². The molecule has 0 fully saturated rings. The molecule has 21 heavy (non-hydrogen) atoms. The molecule has 2 aromatic rings. The van der Waals surface area contributed by atoms with Crippen molar-refractivity contribution < 1.29 is 4.39 Å². The zero-order valence-corrected chi connectivity index (χ0v) is 12.7. The highest BCUT2D eigenvalue weighted by molar-refractivity contribution is 5.40. The van der Waals surface area contributed by atoms with Crippen LogP contribution in [-0.2, 0) is 6.54 Å². The molecular weight excluding hydrogens is 267 g/mol. The van der Waals surface area contributed by atoms with Crippen molar-refractivity contribution in [3.05, 3.63) is 53.7 Å². The summed E-state index contributed by atoms with van der Waals surface area (Å²) in [6.45, 7) is 5.56. The van der Waals surface area contributed by atoms with Gasteiger partial charge in [0, 0.05) is 25.4 Å². The zero-order valence-electron chi connectivity index (χ0n) is 12.7. The molecule has 0 aliphatic rings. The number of nitrogens with zero attached hydrogens (tertiary/aromatic N) is 3. The van der Waals surface area contributed by atoms with E-state index in [0.717, 1.165) is 18.1 Å². The monoisotopic (exact) mass is 288 g/mol. The molecule has 0 bridgehead atoms. The molecule has 112 valence electrons. The second-order valence-corrected chi connectivity index (χ2v) is 4.96. The predicted molar refractivity (Wildman–Crippen MR) is 82.6 cm³/mol. The van der Waals surface area contributed by atoms with E-state index < -0.39 is 0 Å². The first-order valence-electron chi connectivity index (χ1n) is 7.12. The number of halogens is 1. The van der Waals surface area contributed by atoms with E-state index in [-0.39, 0.29) is 11.9 Å². The van der Waals surface area contributed by atoms with Gasteiger partial charge in [0.1, 0.15) is 11.6 Å². The number of anilines is 1. The summed E-state index contributed by atoms with van der Waals surface area (Å²) in [7, 11) is 1.90. The minimum absolute atomic E-state index is 0.116. The van der Waals surface area contributed by atoms with Crippen molar-refractivity contribution in [2.45, 2.75) is 26.4 Å². The molecule has 1 aromatic heterocycles. The van der Waals surface area contributed by atoms with Crippen LogP contribution in [0.4, 0.5) is 10.2 Å². The minimum atomic E-state index is -0.200. The normalized spacial score (nSPS) is 12.2.